The molecule has 0 radical (unpaired) electrons. The first-order valence-electron chi connectivity index (χ1n) is 12.9. The molecule has 11 heteroatoms. The highest BCUT2D eigenvalue weighted by Gasteiger charge is 2.31. The molecule has 1 atom stereocenters. The average Bonchev–Trinajstić information content (AvgIpc) is 2.94. The fourth-order valence-electron chi connectivity index (χ4n) is 4.57. The van der Waals surface area contributed by atoms with E-state index in [0.717, 1.165) is 26.7 Å². The molecule has 41 heavy (non-hydrogen) atoms. The monoisotopic (exact) mass is 604 g/mol. The van der Waals surface area contributed by atoms with Crippen LogP contribution in [0.15, 0.2) is 53.4 Å². The van der Waals surface area contributed by atoms with Crippen LogP contribution >= 0.6 is 11.6 Å². The van der Waals surface area contributed by atoms with Crippen molar-refractivity contribution in [2.75, 3.05) is 39.3 Å². The lowest BCUT2D eigenvalue weighted by Gasteiger charge is -2.27. The number of nitrogens with one attached hydrogen (secondary N) is 1. The zero-order chi connectivity index (χ0) is 30.5. The van der Waals surface area contributed by atoms with Gasteiger partial charge in [-0.15, -0.1) is 0 Å². The van der Waals surface area contributed by atoms with Crippen molar-refractivity contribution < 1.29 is 32.2 Å². The Kier molecular flexibility index (Phi) is 10.4. The van der Waals surface area contributed by atoms with Crippen molar-refractivity contribution in [2.24, 2.45) is 0 Å². The minimum absolute atomic E-state index is 0.106. The molecule has 0 saturated heterocycles. The molecular weight excluding hydrogens is 568 g/mol. The number of sulfonamides is 1. The number of anilines is 1. The number of carbonyl (C=O) groups excluding carboxylic acids is 1. The molecule has 0 aliphatic carbocycles. The summed E-state index contributed by atoms with van der Waals surface area (Å²) in [5.41, 5.74) is 2.96. The highest BCUT2D eigenvalue weighted by atomic mass is 35.5. The van der Waals surface area contributed by atoms with Gasteiger partial charge < -0.3 is 24.3 Å². The number of amides is 1. The highest BCUT2D eigenvalue weighted by Crippen LogP contribution is 2.37. The van der Waals surface area contributed by atoms with Crippen LogP contribution in [0.5, 0.6) is 23.0 Å². The molecule has 0 aliphatic rings. The second-order valence-electron chi connectivity index (χ2n) is 9.74. The number of aryl methyl sites for hydroxylation is 1. The summed E-state index contributed by atoms with van der Waals surface area (Å²) in [4.78, 5) is 13.4. The molecule has 0 saturated carbocycles. The summed E-state index contributed by atoms with van der Waals surface area (Å²) in [6.07, 6.45) is 0. The number of benzene rings is 3. The number of methoxy groups -OCH3 is 4. The van der Waals surface area contributed by atoms with Crippen molar-refractivity contribution in [2.45, 2.75) is 44.6 Å². The van der Waals surface area contributed by atoms with E-state index in [1.807, 2.05) is 26.0 Å². The lowest BCUT2D eigenvalue weighted by molar-refractivity contribution is -0.120. The molecule has 9 nitrogen and oxygen atoms in total. The van der Waals surface area contributed by atoms with Gasteiger partial charge in [-0.05, 0) is 78.9 Å². The van der Waals surface area contributed by atoms with E-state index in [1.54, 1.807) is 19.2 Å². The Hall–Kier alpha value is -3.63. The Morgan fingerprint density at radius 3 is 2.02 bits per heavy atom. The first kappa shape index (κ1) is 31.9. The molecule has 0 aromatic heterocycles. The Morgan fingerprint density at radius 1 is 0.829 bits per heavy atom. The van der Waals surface area contributed by atoms with E-state index < -0.39 is 28.5 Å². The van der Waals surface area contributed by atoms with Crippen LogP contribution < -0.4 is 28.6 Å². The topological polar surface area (TPSA) is 103 Å². The fourth-order valence-corrected chi connectivity index (χ4v) is 6.17. The molecule has 0 heterocycles. The molecule has 1 unspecified atom stereocenters. The third kappa shape index (κ3) is 7.00. The predicted molar refractivity (Wildman–Crippen MR) is 160 cm³/mol. The zero-order valence-electron chi connectivity index (χ0n) is 24.6. The van der Waals surface area contributed by atoms with E-state index in [0.29, 0.717) is 5.75 Å². The van der Waals surface area contributed by atoms with E-state index in [9.17, 15) is 13.2 Å². The third-order valence-corrected chi connectivity index (χ3v) is 8.72. The minimum Gasteiger partial charge on any atom is -0.496 e. The third-order valence-electron chi connectivity index (χ3n) is 6.72. The van der Waals surface area contributed by atoms with Crippen molar-refractivity contribution in [3.63, 3.8) is 0 Å². The average molecular weight is 605 g/mol. The van der Waals surface area contributed by atoms with Crippen molar-refractivity contribution in [3.05, 3.63) is 70.2 Å². The Bertz CT molecular complexity index is 1510. The predicted octanol–water partition coefficient (Wildman–Crippen LogP) is 5.88. The molecule has 3 rings (SSSR count). The van der Waals surface area contributed by atoms with Crippen LogP contribution in [0.25, 0.3) is 0 Å². The summed E-state index contributed by atoms with van der Waals surface area (Å²) in [5, 5.41) is 3.23. The molecular formula is C30H37ClN2O7S. The van der Waals surface area contributed by atoms with Crippen molar-refractivity contribution >= 4 is 33.2 Å². The van der Waals surface area contributed by atoms with Crippen molar-refractivity contribution in [3.8, 4) is 23.0 Å². The maximum Gasteiger partial charge on any atom is 0.265 e. The summed E-state index contributed by atoms with van der Waals surface area (Å²) in [5.74, 6) is 1.27. The zero-order valence-corrected chi connectivity index (χ0v) is 26.1. The van der Waals surface area contributed by atoms with E-state index in [4.69, 9.17) is 30.5 Å². The van der Waals surface area contributed by atoms with Gasteiger partial charge in [-0.1, -0.05) is 25.4 Å². The number of carbonyl (C=O) groups is 1. The van der Waals surface area contributed by atoms with Gasteiger partial charge in [0.25, 0.3) is 10.0 Å². The van der Waals surface area contributed by atoms with Gasteiger partial charge in [0.2, 0.25) is 5.91 Å². The number of hydrogen-bond acceptors (Lipinski definition) is 7. The van der Waals surface area contributed by atoms with Crippen LogP contribution in [0, 0.1) is 6.92 Å². The summed E-state index contributed by atoms with van der Waals surface area (Å²) < 4.78 is 50.6. The van der Waals surface area contributed by atoms with E-state index >= 15 is 0 Å². The van der Waals surface area contributed by atoms with Gasteiger partial charge in [0.05, 0.1) is 45.1 Å². The summed E-state index contributed by atoms with van der Waals surface area (Å²) in [7, 11) is 1.59. The van der Waals surface area contributed by atoms with Gasteiger partial charge in [0, 0.05) is 11.1 Å². The smallest absolute Gasteiger partial charge is 0.265 e. The van der Waals surface area contributed by atoms with E-state index in [-0.39, 0.29) is 33.0 Å². The molecule has 1 amide bonds. The minimum atomic E-state index is -4.31. The first-order chi connectivity index (χ1) is 19.4. The maximum atomic E-state index is 14.1. The molecule has 222 valence electrons. The fraction of sp³-hybridized carbons (Fsp3) is 0.367. The lowest BCUT2D eigenvalue weighted by atomic mass is 9.93. The molecule has 1 N–H and O–H groups in total. The van der Waals surface area contributed by atoms with E-state index in [2.05, 4.69) is 19.2 Å². The number of rotatable bonds is 12. The lowest BCUT2D eigenvalue weighted by Crippen LogP contribution is -2.42. The van der Waals surface area contributed by atoms with Gasteiger partial charge in [-0.2, -0.15) is 0 Å². The second kappa shape index (κ2) is 13.4. The normalized spacial score (nSPS) is 12.0. The van der Waals surface area contributed by atoms with Crippen LogP contribution in [0.4, 0.5) is 5.69 Å². The van der Waals surface area contributed by atoms with Crippen molar-refractivity contribution in [1.82, 2.24) is 5.32 Å². The molecule has 0 spiro atoms. The van der Waals surface area contributed by atoms with Gasteiger partial charge in [-0.3, -0.25) is 9.10 Å². The standard InChI is InChI=1S/C30H37ClN2O7S/c1-18(2)23-16-24(19(3)13-28(23)39-7)20(4)32-30(34)17-33(25-14-21(31)9-11-26(25)37-5)41(35,36)22-10-12-27(38-6)29(15-22)40-8/h9-16,18,20H,17H2,1-8H3,(H,32,34). The summed E-state index contributed by atoms with van der Waals surface area (Å²) in [6, 6.07) is 12.3. The van der Waals surface area contributed by atoms with Crippen LogP contribution in [0.1, 0.15) is 49.4 Å². The first-order valence-corrected chi connectivity index (χ1v) is 14.8. The van der Waals surface area contributed by atoms with Crippen molar-refractivity contribution in [1.29, 1.82) is 0 Å². The summed E-state index contributed by atoms with van der Waals surface area (Å²) >= 11 is 6.26. The van der Waals surface area contributed by atoms with Crippen LogP contribution in [0.2, 0.25) is 5.02 Å². The van der Waals surface area contributed by atoms with E-state index in [1.165, 1.54) is 45.6 Å². The Morgan fingerprint density at radius 2 is 1.44 bits per heavy atom. The molecule has 0 bridgehead atoms. The molecule has 0 aliphatic heterocycles. The second-order valence-corrected chi connectivity index (χ2v) is 12.0. The maximum absolute atomic E-state index is 14.1. The molecule has 3 aromatic rings. The quantitative estimate of drug-likeness (QED) is 0.275. The number of nitrogens with zero attached hydrogens (tertiary/aromatic N) is 1. The van der Waals surface area contributed by atoms with Gasteiger partial charge >= 0.3 is 0 Å². The number of hydrogen-bond donors (Lipinski definition) is 1. The largest absolute Gasteiger partial charge is 0.496 e. The van der Waals surface area contributed by atoms with Crippen LogP contribution in [-0.4, -0.2) is 49.3 Å². The molecule has 3 aromatic carbocycles. The van der Waals surface area contributed by atoms with Gasteiger partial charge in [0.15, 0.2) is 11.5 Å². The van der Waals surface area contributed by atoms with Gasteiger partial charge in [0.1, 0.15) is 18.0 Å². The highest BCUT2D eigenvalue weighted by molar-refractivity contribution is 7.92. The SMILES string of the molecule is COc1ccc(S(=O)(=O)N(CC(=O)NC(C)c2cc(C(C)C)c(OC)cc2C)c2cc(Cl)ccc2OC)cc1OC. The van der Waals surface area contributed by atoms with Crippen LogP contribution in [0.3, 0.4) is 0 Å². The number of halogens is 1. The Labute approximate surface area is 247 Å². The summed E-state index contributed by atoms with van der Waals surface area (Å²) in [6.45, 7) is 7.38. The Balaban J connectivity index is 2.04. The van der Waals surface area contributed by atoms with Gasteiger partial charge in [-0.25, -0.2) is 8.42 Å². The van der Waals surface area contributed by atoms with Crippen LogP contribution in [-0.2, 0) is 14.8 Å². The molecule has 0 fully saturated rings. The number of ether oxygens (including phenoxy) is 4.